The number of piperidine rings is 1. The largest absolute Gasteiger partial charge is 0.478 e. The van der Waals surface area contributed by atoms with Crippen LogP contribution in [0.5, 0.6) is 0 Å². The maximum atomic E-state index is 13.0. The number of carboxylic acids is 1. The van der Waals surface area contributed by atoms with Crippen molar-refractivity contribution in [1.29, 1.82) is 0 Å². The highest BCUT2D eigenvalue weighted by Gasteiger charge is 2.27. The van der Waals surface area contributed by atoms with Gasteiger partial charge in [0.05, 0.1) is 5.56 Å². The van der Waals surface area contributed by atoms with Crippen LogP contribution in [0.3, 0.4) is 0 Å². The van der Waals surface area contributed by atoms with E-state index in [9.17, 15) is 14.7 Å². The van der Waals surface area contributed by atoms with Crippen molar-refractivity contribution in [1.82, 2.24) is 9.88 Å². The molecule has 1 aliphatic rings. The van der Waals surface area contributed by atoms with Crippen molar-refractivity contribution < 1.29 is 14.7 Å². The number of benzene rings is 2. The molecule has 1 fully saturated rings. The molecule has 0 unspecified atom stereocenters. The Kier molecular flexibility index (Phi) is 4.62. The summed E-state index contributed by atoms with van der Waals surface area (Å²) in [7, 11) is 0. The van der Waals surface area contributed by atoms with E-state index in [2.05, 4.69) is 4.98 Å². The number of nitrogens with zero attached hydrogens (tertiary/aromatic N) is 1. The van der Waals surface area contributed by atoms with E-state index >= 15 is 0 Å². The topological polar surface area (TPSA) is 73.4 Å². The number of likely N-dealkylation sites (tertiary alicyclic amines) is 1. The van der Waals surface area contributed by atoms with Gasteiger partial charge in [-0.15, -0.1) is 0 Å². The second kappa shape index (κ2) is 7.08. The number of carboxylic acid groups (broad SMARTS) is 1. The fraction of sp³-hybridized carbons (Fsp3) is 0.238. The van der Waals surface area contributed by atoms with Crippen LogP contribution in [0.2, 0.25) is 5.02 Å². The Morgan fingerprint density at radius 1 is 1.15 bits per heavy atom. The van der Waals surface area contributed by atoms with Crippen LogP contribution in [0, 0.1) is 0 Å². The summed E-state index contributed by atoms with van der Waals surface area (Å²) in [5.41, 5.74) is 2.61. The number of fused-ring (bicyclic) bond motifs is 1. The van der Waals surface area contributed by atoms with Gasteiger partial charge in [-0.3, -0.25) is 4.79 Å². The number of nitrogens with one attached hydrogen (secondary N) is 1. The molecular formula is C21H19ClN2O3. The second-order valence-electron chi connectivity index (χ2n) is 6.91. The SMILES string of the molecule is O=C(O)c1cccc([C@H]2CCCN(C(=O)c3cc4c(Cl)cccc4[nH]3)C2)c1. The normalized spacial score (nSPS) is 17.2. The summed E-state index contributed by atoms with van der Waals surface area (Å²) in [6.45, 7) is 1.27. The van der Waals surface area contributed by atoms with Crippen LogP contribution >= 0.6 is 11.6 Å². The summed E-state index contributed by atoms with van der Waals surface area (Å²) in [5, 5.41) is 10.7. The highest BCUT2D eigenvalue weighted by molar-refractivity contribution is 6.35. The molecule has 2 heterocycles. The highest BCUT2D eigenvalue weighted by atomic mass is 35.5. The Balaban J connectivity index is 1.57. The van der Waals surface area contributed by atoms with Crippen molar-refractivity contribution >= 4 is 34.4 Å². The molecule has 0 radical (unpaired) electrons. The standard InChI is InChI=1S/C21H19ClN2O3/c22-17-7-2-8-18-16(17)11-19(23-18)20(25)24-9-3-6-15(12-24)13-4-1-5-14(10-13)21(26)27/h1-2,4-5,7-8,10-11,15,23H,3,6,9,12H2,(H,26,27)/t15-/m0/s1. The number of amides is 1. The molecule has 3 aromatic rings. The lowest BCUT2D eigenvalue weighted by molar-refractivity contribution is 0.0686. The number of aromatic nitrogens is 1. The van der Waals surface area contributed by atoms with Crippen molar-refractivity contribution in [2.24, 2.45) is 0 Å². The maximum absolute atomic E-state index is 13.0. The molecule has 0 bridgehead atoms. The van der Waals surface area contributed by atoms with E-state index in [0.717, 1.165) is 29.3 Å². The zero-order valence-electron chi connectivity index (χ0n) is 14.6. The van der Waals surface area contributed by atoms with E-state index in [1.165, 1.54) is 0 Å². The monoisotopic (exact) mass is 382 g/mol. The Bertz CT molecular complexity index is 1030. The predicted molar refractivity (Wildman–Crippen MR) is 105 cm³/mol. The molecule has 0 spiro atoms. The Morgan fingerprint density at radius 2 is 1.96 bits per heavy atom. The molecule has 1 atom stereocenters. The van der Waals surface area contributed by atoms with Crippen LogP contribution in [-0.2, 0) is 0 Å². The summed E-state index contributed by atoms with van der Waals surface area (Å²) in [5.74, 6) is -0.855. The van der Waals surface area contributed by atoms with Crippen LogP contribution in [0.15, 0.2) is 48.5 Å². The van der Waals surface area contributed by atoms with E-state index in [1.807, 2.05) is 23.1 Å². The molecule has 1 aliphatic heterocycles. The summed E-state index contributed by atoms with van der Waals surface area (Å²) in [6.07, 6.45) is 1.82. The van der Waals surface area contributed by atoms with Gasteiger partial charge in [0.1, 0.15) is 5.69 Å². The molecule has 1 saturated heterocycles. The quantitative estimate of drug-likeness (QED) is 0.698. The van der Waals surface area contributed by atoms with Gasteiger partial charge >= 0.3 is 5.97 Å². The van der Waals surface area contributed by atoms with Gasteiger partial charge in [0.2, 0.25) is 0 Å². The number of halogens is 1. The van der Waals surface area contributed by atoms with E-state index in [0.29, 0.717) is 23.8 Å². The Morgan fingerprint density at radius 3 is 2.74 bits per heavy atom. The van der Waals surface area contributed by atoms with Crippen molar-refractivity contribution in [3.8, 4) is 0 Å². The summed E-state index contributed by atoms with van der Waals surface area (Å²) >= 11 is 6.21. The summed E-state index contributed by atoms with van der Waals surface area (Å²) in [6, 6.07) is 14.4. The summed E-state index contributed by atoms with van der Waals surface area (Å²) in [4.78, 5) is 29.2. The Hall–Kier alpha value is -2.79. The minimum absolute atomic E-state index is 0.0543. The Labute approximate surface area is 161 Å². The molecule has 2 N–H and O–H groups in total. The number of hydrogen-bond donors (Lipinski definition) is 2. The average Bonchev–Trinajstić information content (AvgIpc) is 3.13. The highest BCUT2D eigenvalue weighted by Crippen LogP contribution is 2.29. The first kappa shape index (κ1) is 17.6. The first-order valence-electron chi connectivity index (χ1n) is 8.92. The molecular weight excluding hydrogens is 364 g/mol. The third kappa shape index (κ3) is 3.43. The molecule has 27 heavy (non-hydrogen) atoms. The van der Waals surface area contributed by atoms with Gasteiger partial charge in [0.15, 0.2) is 0 Å². The zero-order valence-corrected chi connectivity index (χ0v) is 15.4. The first-order chi connectivity index (χ1) is 13.0. The summed E-state index contributed by atoms with van der Waals surface area (Å²) < 4.78 is 0. The lowest BCUT2D eigenvalue weighted by Gasteiger charge is -2.33. The number of aromatic amines is 1. The molecule has 0 aliphatic carbocycles. The lowest BCUT2D eigenvalue weighted by atomic mass is 9.89. The van der Waals surface area contributed by atoms with Gasteiger partial charge in [-0.05, 0) is 48.7 Å². The van der Waals surface area contributed by atoms with Gasteiger partial charge in [-0.25, -0.2) is 4.79 Å². The van der Waals surface area contributed by atoms with Crippen LogP contribution in [0.4, 0.5) is 0 Å². The number of hydrogen-bond acceptors (Lipinski definition) is 2. The minimum atomic E-state index is -0.935. The lowest BCUT2D eigenvalue weighted by Crippen LogP contribution is -2.39. The van der Waals surface area contributed by atoms with Crippen molar-refractivity contribution in [3.63, 3.8) is 0 Å². The molecule has 4 rings (SSSR count). The molecule has 1 aromatic heterocycles. The van der Waals surface area contributed by atoms with Crippen molar-refractivity contribution in [3.05, 3.63) is 70.4 Å². The van der Waals surface area contributed by atoms with Crippen molar-refractivity contribution in [2.75, 3.05) is 13.1 Å². The second-order valence-corrected chi connectivity index (χ2v) is 7.31. The van der Waals surface area contributed by atoms with Crippen LogP contribution in [-0.4, -0.2) is 40.0 Å². The van der Waals surface area contributed by atoms with Crippen LogP contribution in [0.25, 0.3) is 10.9 Å². The van der Waals surface area contributed by atoms with Crippen LogP contribution in [0.1, 0.15) is 45.2 Å². The molecule has 0 saturated carbocycles. The number of carbonyl (C=O) groups excluding carboxylic acids is 1. The van der Waals surface area contributed by atoms with Crippen molar-refractivity contribution in [2.45, 2.75) is 18.8 Å². The zero-order chi connectivity index (χ0) is 19.0. The van der Waals surface area contributed by atoms with E-state index in [-0.39, 0.29) is 17.4 Å². The van der Waals surface area contributed by atoms with Crippen LogP contribution < -0.4 is 0 Å². The molecule has 6 heteroatoms. The third-order valence-corrected chi connectivity index (χ3v) is 5.48. The van der Waals surface area contributed by atoms with Gasteiger partial charge in [-0.2, -0.15) is 0 Å². The van der Waals surface area contributed by atoms with Gasteiger partial charge in [0, 0.05) is 34.9 Å². The smallest absolute Gasteiger partial charge is 0.335 e. The van der Waals surface area contributed by atoms with Gasteiger partial charge in [0.25, 0.3) is 5.91 Å². The maximum Gasteiger partial charge on any atom is 0.335 e. The molecule has 138 valence electrons. The number of H-pyrrole nitrogens is 1. The van der Waals surface area contributed by atoms with E-state index in [1.54, 1.807) is 30.3 Å². The number of carbonyl (C=O) groups is 2. The van der Waals surface area contributed by atoms with E-state index in [4.69, 9.17) is 11.6 Å². The first-order valence-corrected chi connectivity index (χ1v) is 9.30. The predicted octanol–water partition coefficient (Wildman–Crippen LogP) is 4.54. The third-order valence-electron chi connectivity index (χ3n) is 5.15. The average molecular weight is 383 g/mol. The molecule has 5 nitrogen and oxygen atoms in total. The number of rotatable bonds is 3. The molecule has 1 amide bonds. The van der Waals surface area contributed by atoms with E-state index < -0.39 is 5.97 Å². The fourth-order valence-electron chi connectivity index (χ4n) is 3.76. The van der Waals surface area contributed by atoms with Gasteiger partial charge < -0.3 is 15.0 Å². The van der Waals surface area contributed by atoms with Gasteiger partial charge in [-0.1, -0.05) is 29.8 Å². The molecule has 2 aromatic carbocycles. The number of aromatic carboxylic acids is 1. The minimum Gasteiger partial charge on any atom is -0.478 e. The fourth-order valence-corrected chi connectivity index (χ4v) is 3.99.